The van der Waals surface area contributed by atoms with E-state index in [1.807, 2.05) is 6.92 Å². The lowest BCUT2D eigenvalue weighted by Crippen LogP contribution is -2.47. The van der Waals surface area contributed by atoms with Crippen molar-refractivity contribution < 1.29 is 23.5 Å². The maximum atomic E-state index is 13.4. The highest BCUT2D eigenvalue weighted by Gasteiger charge is 2.37. The number of aromatic nitrogens is 2. The molecule has 0 radical (unpaired) electrons. The molecule has 184 valence electrons. The Morgan fingerprint density at radius 2 is 1.94 bits per heavy atom. The molecule has 0 bridgehead atoms. The van der Waals surface area contributed by atoms with Crippen LogP contribution < -0.4 is 5.32 Å². The smallest absolute Gasteiger partial charge is 0.268 e. The first-order valence-corrected chi connectivity index (χ1v) is 12.3. The number of oxazole rings is 1. The van der Waals surface area contributed by atoms with Crippen LogP contribution in [-0.2, 0) is 14.3 Å². The first-order chi connectivity index (χ1) is 16.4. The number of ketones is 1. The van der Waals surface area contributed by atoms with Crippen molar-refractivity contribution in [2.75, 3.05) is 26.3 Å². The van der Waals surface area contributed by atoms with Gasteiger partial charge in [-0.25, -0.2) is 4.98 Å². The van der Waals surface area contributed by atoms with Gasteiger partial charge in [0.2, 0.25) is 17.6 Å². The van der Waals surface area contributed by atoms with Crippen molar-refractivity contribution in [3.05, 3.63) is 24.2 Å². The minimum Gasteiger partial charge on any atom is -0.432 e. The molecule has 2 fully saturated rings. The molecule has 1 aliphatic carbocycles. The fourth-order valence-corrected chi connectivity index (χ4v) is 5.10. The van der Waals surface area contributed by atoms with Crippen LogP contribution in [0.4, 0.5) is 0 Å². The number of pyridine rings is 1. The topological polar surface area (TPSA) is 115 Å². The van der Waals surface area contributed by atoms with Crippen molar-refractivity contribution in [2.45, 2.75) is 64.8 Å². The van der Waals surface area contributed by atoms with Gasteiger partial charge in [0.1, 0.15) is 0 Å². The first kappa shape index (κ1) is 24.3. The zero-order valence-corrected chi connectivity index (χ0v) is 20.0. The summed E-state index contributed by atoms with van der Waals surface area (Å²) in [4.78, 5) is 49.6. The highest BCUT2D eigenvalue weighted by molar-refractivity contribution is 6.00. The Labute approximate surface area is 199 Å². The van der Waals surface area contributed by atoms with E-state index in [1.54, 1.807) is 23.2 Å². The summed E-state index contributed by atoms with van der Waals surface area (Å²) in [5, 5.41) is 2.90. The summed E-state index contributed by atoms with van der Waals surface area (Å²) in [5.74, 6) is -1.24. The lowest BCUT2D eigenvalue weighted by atomic mass is 9.78. The molecular weight excluding hydrogens is 436 g/mol. The molecule has 9 nitrogen and oxygen atoms in total. The number of rotatable bonds is 9. The molecule has 2 aromatic heterocycles. The molecule has 1 unspecified atom stereocenters. The Bertz CT molecular complexity index is 990. The molecule has 1 N–H and O–H groups in total. The number of morpholine rings is 1. The van der Waals surface area contributed by atoms with Gasteiger partial charge in [0.15, 0.2) is 11.2 Å². The van der Waals surface area contributed by atoms with Crippen molar-refractivity contribution >= 4 is 28.8 Å². The third-order valence-electron chi connectivity index (χ3n) is 7.12. The monoisotopic (exact) mass is 470 g/mol. The fraction of sp³-hybridized carbons (Fsp3) is 0.640. The van der Waals surface area contributed by atoms with Gasteiger partial charge >= 0.3 is 0 Å². The maximum Gasteiger partial charge on any atom is 0.268 e. The number of Topliss-reactive ketones (excluding diaryl/α,β-unsaturated/α-hetero) is 1. The van der Waals surface area contributed by atoms with Crippen LogP contribution in [-0.4, -0.2) is 64.8 Å². The molecule has 2 aromatic rings. The summed E-state index contributed by atoms with van der Waals surface area (Å²) < 4.78 is 10.9. The van der Waals surface area contributed by atoms with E-state index in [0.29, 0.717) is 50.4 Å². The summed E-state index contributed by atoms with van der Waals surface area (Å²) in [6, 6.07) is 2.62. The molecule has 2 atom stereocenters. The van der Waals surface area contributed by atoms with Crippen LogP contribution in [0.15, 0.2) is 22.7 Å². The van der Waals surface area contributed by atoms with Gasteiger partial charge in [0, 0.05) is 31.6 Å². The van der Waals surface area contributed by atoms with E-state index < -0.39 is 12.0 Å². The van der Waals surface area contributed by atoms with E-state index in [-0.39, 0.29) is 35.3 Å². The number of fused-ring (bicyclic) bond motifs is 1. The van der Waals surface area contributed by atoms with Crippen LogP contribution in [0.1, 0.15) is 69.5 Å². The molecule has 2 amide bonds. The molecule has 34 heavy (non-hydrogen) atoms. The lowest BCUT2D eigenvalue weighted by molar-refractivity contribution is -0.140. The highest BCUT2D eigenvalue weighted by atomic mass is 16.5. The SMILES string of the molecule is CC[C@H](NC(=O)C(CC(=O)N1CCOCC1)CC1(C)CCCC1)C(=O)c1nc2ncccc2o1. The van der Waals surface area contributed by atoms with E-state index in [2.05, 4.69) is 22.2 Å². The minimum absolute atomic E-state index is 0.0327. The van der Waals surface area contributed by atoms with Gasteiger partial charge in [-0.2, -0.15) is 4.98 Å². The van der Waals surface area contributed by atoms with E-state index in [1.165, 1.54) is 0 Å². The van der Waals surface area contributed by atoms with Crippen molar-refractivity contribution in [1.29, 1.82) is 0 Å². The average molecular weight is 471 g/mol. The van der Waals surface area contributed by atoms with Crippen molar-refractivity contribution in [3.8, 4) is 0 Å². The number of hydrogen-bond acceptors (Lipinski definition) is 7. The van der Waals surface area contributed by atoms with E-state index in [9.17, 15) is 14.4 Å². The summed E-state index contributed by atoms with van der Waals surface area (Å²) >= 11 is 0. The second kappa shape index (κ2) is 10.6. The number of ether oxygens (including phenoxy) is 1. The van der Waals surface area contributed by atoms with Crippen molar-refractivity contribution in [1.82, 2.24) is 20.2 Å². The number of hydrogen-bond donors (Lipinski definition) is 1. The fourth-order valence-electron chi connectivity index (χ4n) is 5.10. The number of nitrogens with zero attached hydrogens (tertiary/aromatic N) is 3. The summed E-state index contributed by atoms with van der Waals surface area (Å²) in [6.45, 7) is 6.17. The number of amides is 2. The molecule has 2 aliphatic rings. The molecule has 0 spiro atoms. The van der Waals surface area contributed by atoms with Crippen LogP contribution in [0.5, 0.6) is 0 Å². The Morgan fingerprint density at radius 3 is 2.62 bits per heavy atom. The van der Waals surface area contributed by atoms with Crippen molar-refractivity contribution in [2.24, 2.45) is 11.3 Å². The first-order valence-electron chi connectivity index (χ1n) is 12.3. The molecule has 0 aromatic carbocycles. The molecule has 1 aliphatic heterocycles. The van der Waals surface area contributed by atoms with Gasteiger partial charge < -0.3 is 19.4 Å². The lowest BCUT2D eigenvalue weighted by Gasteiger charge is -2.32. The van der Waals surface area contributed by atoms with Gasteiger partial charge in [-0.3, -0.25) is 14.4 Å². The van der Waals surface area contributed by atoms with Crippen LogP contribution in [0.25, 0.3) is 11.2 Å². The predicted octanol–water partition coefficient (Wildman–Crippen LogP) is 3.14. The summed E-state index contributed by atoms with van der Waals surface area (Å²) in [7, 11) is 0. The second-order valence-corrected chi connectivity index (χ2v) is 9.79. The second-order valence-electron chi connectivity index (χ2n) is 9.79. The maximum absolute atomic E-state index is 13.4. The molecule has 3 heterocycles. The van der Waals surface area contributed by atoms with E-state index in [0.717, 1.165) is 25.7 Å². The van der Waals surface area contributed by atoms with Gasteiger partial charge in [0.05, 0.1) is 19.3 Å². The molecule has 1 saturated carbocycles. The van der Waals surface area contributed by atoms with Crippen LogP contribution in [0, 0.1) is 11.3 Å². The summed E-state index contributed by atoms with van der Waals surface area (Å²) in [6.07, 6.45) is 7.12. The van der Waals surface area contributed by atoms with Gasteiger partial charge in [-0.05, 0) is 43.2 Å². The van der Waals surface area contributed by atoms with E-state index >= 15 is 0 Å². The highest BCUT2D eigenvalue weighted by Crippen LogP contribution is 2.43. The quantitative estimate of drug-likeness (QED) is 0.560. The molecule has 1 saturated heterocycles. The summed E-state index contributed by atoms with van der Waals surface area (Å²) in [5.41, 5.74) is 0.815. The third kappa shape index (κ3) is 5.63. The minimum atomic E-state index is -0.780. The van der Waals surface area contributed by atoms with Crippen molar-refractivity contribution in [3.63, 3.8) is 0 Å². The Morgan fingerprint density at radius 1 is 1.21 bits per heavy atom. The van der Waals surface area contributed by atoms with Crippen LogP contribution >= 0.6 is 0 Å². The zero-order chi connectivity index (χ0) is 24.1. The average Bonchev–Trinajstić information content (AvgIpc) is 3.48. The Hall–Kier alpha value is -2.81. The number of carbonyl (C=O) groups excluding carboxylic acids is 3. The normalized spacial score (nSPS) is 19.6. The molecular formula is C25H34N4O5. The van der Waals surface area contributed by atoms with E-state index in [4.69, 9.17) is 9.15 Å². The Balaban J connectivity index is 1.47. The molecule has 9 heteroatoms. The number of nitrogens with one attached hydrogen (secondary N) is 1. The zero-order valence-electron chi connectivity index (χ0n) is 20.0. The third-order valence-corrected chi connectivity index (χ3v) is 7.12. The van der Waals surface area contributed by atoms with Crippen LogP contribution in [0.2, 0.25) is 0 Å². The predicted molar refractivity (Wildman–Crippen MR) is 125 cm³/mol. The molecule has 4 rings (SSSR count). The largest absolute Gasteiger partial charge is 0.432 e. The Kier molecular flexibility index (Phi) is 7.60. The number of carbonyl (C=O) groups is 3. The standard InChI is InChI=1S/C25H34N4O5/c1-3-18(21(31)24-28-22-19(34-24)7-6-10-26-22)27-23(32)17(16-25(2)8-4-5-9-25)15-20(30)29-11-13-33-14-12-29/h6-7,10,17-18H,3-5,8-9,11-16H2,1-2H3,(H,27,32)/t17?,18-/m0/s1. The van der Waals surface area contributed by atoms with Crippen LogP contribution in [0.3, 0.4) is 0 Å². The van der Waals surface area contributed by atoms with Gasteiger partial charge in [-0.15, -0.1) is 0 Å². The van der Waals surface area contributed by atoms with Gasteiger partial charge in [-0.1, -0.05) is 26.7 Å². The van der Waals surface area contributed by atoms with Gasteiger partial charge in [0.25, 0.3) is 5.89 Å².